The number of nitrogens with zero attached hydrogens (tertiary/aromatic N) is 4. The molecule has 1 aliphatic rings. The van der Waals surface area contributed by atoms with E-state index in [1.165, 1.54) is 11.8 Å². The number of hydrogen-bond acceptors (Lipinski definition) is 6. The standard InChI is InChI=1S/C23H20N4OS3/c1-26-22(20-12-7-13-29-20)24-25-23(26)31-15-21(28)27-17-10-5-6-11-19(17)30-14-18(27)16-8-3-2-4-9-16/h2-13,18H,14-15H2,1H3. The number of hydrogen-bond donors (Lipinski definition) is 0. The molecule has 1 atom stereocenters. The molecule has 0 aliphatic carbocycles. The van der Waals surface area contributed by atoms with E-state index in [0.717, 1.165) is 37.8 Å². The number of benzene rings is 2. The minimum absolute atomic E-state index is 0.00961. The summed E-state index contributed by atoms with van der Waals surface area (Å²) in [5.74, 6) is 2.04. The van der Waals surface area contributed by atoms with Crippen molar-refractivity contribution in [3.05, 3.63) is 77.7 Å². The van der Waals surface area contributed by atoms with E-state index in [1.54, 1.807) is 23.1 Å². The van der Waals surface area contributed by atoms with Gasteiger partial charge in [-0.2, -0.15) is 0 Å². The molecule has 2 aromatic heterocycles. The van der Waals surface area contributed by atoms with E-state index in [4.69, 9.17) is 0 Å². The monoisotopic (exact) mass is 464 g/mol. The Morgan fingerprint density at radius 2 is 1.87 bits per heavy atom. The molecule has 4 aromatic rings. The second kappa shape index (κ2) is 8.90. The van der Waals surface area contributed by atoms with Crippen LogP contribution in [0.1, 0.15) is 11.6 Å². The molecular weight excluding hydrogens is 444 g/mol. The highest BCUT2D eigenvalue weighted by Crippen LogP contribution is 2.43. The van der Waals surface area contributed by atoms with Crippen LogP contribution >= 0.6 is 34.9 Å². The Balaban J connectivity index is 1.40. The van der Waals surface area contributed by atoms with Crippen molar-refractivity contribution in [3.8, 4) is 10.7 Å². The van der Waals surface area contributed by atoms with Gasteiger partial charge in [-0.15, -0.1) is 33.3 Å². The van der Waals surface area contributed by atoms with Gasteiger partial charge in [0.05, 0.1) is 22.4 Å². The first-order valence-corrected chi connectivity index (χ1v) is 12.7. The lowest BCUT2D eigenvalue weighted by Crippen LogP contribution is -2.39. The fourth-order valence-corrected chi connectivity index (χ4v) is 6.36. The van der Waals surface area contributed by atoms with E-state index in [0.29, 0.717) is 5.75 Å². The number of aromatic nitrogens is 3. The largest absolute Gasteiger partial charge is 0.304 e. The normalized spacial score (nSPS) is 15.6. The molecule has 0 bridgehead atoms. The molecule has 2 aromatic carbocycles. The Morgan fingerprint density at radius 3 is 2.68 bits per heavy atom. The van der Waals surface area contributed by atoms with Crippen molar-refractivity contribution in [2.45, 2.75) is 16.1 Å². The molecule has 1 amide bonds. The van der Waals surface area contributed by atoms with Gasteiger partial charge in [-0.1, -0.05) is 60.3 Å². The molecule has 5 nitrogen and oxygen atoms in total. The number of thiophene rings is 1. The van der Waals surface area contributed by atoms with Crippen LogP contribution in [0.25, 0.3) is 10.7 Å². The van der Waals surface area contributed by atoms with Crippen LogP contribution in [-0.4, -0.2) is 32.2 Å². The lowest BCUT2D eigenvalue weighted by atomic mass is 10.1. The Hall–Kier alpha value is -2.55. The van der Waals surface area contributed by atoms with Crippen LogP contribution in [0.3, 0.4) is 0 Å². The van der Waals surface area contributed by atoms with E-state index in [1.807, 2.05) is 70.4 Å². The van der Waals surface area contributed by atoms with Crippen molar-refractivity contribution in [3.63, 3.8) is 0 Å². The highest BCUT2D eigenvalue weighted by Gasteiger charge is 2.32. The van der Waals surface area contributed by atoms with Crippen molar-refractivity contribution in [2.24, 2.45) is 7.05 Å². The minimum atomic E-state index is 0.00961. The van der Waals surface area contributed by atoms with Crippen LogP contribution in [0, 0.1) is 0 Å². The van der Waals surface area contributed by atoms with Crippen LogP contribution in [0.2, 0.25) is 0 Å². The highest BCUT2D eigenvalue weighted by atomic mass is 32.2. The molecule has 31 heavy (non-hydrogen) atoms. The summed E-state index contributed by atoms with van der Waals surface area (Å²) >= 11 is 4.87. The van der Waals surface area contributed by atoms with Gasteiger partial charge in [0.25, 0.3) is 0 Å². The van der Waals surface area contributed by atoms with Gasteiger partial charge in [-0.25, -0.2) is 0 Å². The lowest BCUT2D eigenvalue weighted by molar-refractivity contribution is -0.116. The fourth-order valence-electron chi connectivity index (χ4n) is 3.67. The van der Waals surface area contributed by atoms with Gasteiger partial charge >= 0.3 is 0 Å². The first kappa shape index (κ1) is 20.4. The van der Waals surface area contributed by atoms with E-state index < -0.39 is 0 Å². The number of thioether (sulfide) groups is 2. The highest BCUT2D eigenvalue weighted by molar-refractivity contribution is 8.00. The van der Waals surface area contributed by atoms with E-state index in [9.17, 15) is 4.79 Å². The zero-order chi connectivity index (χ0) is 21.2. The van der Waals surface area contributed by atoms with Crippen LogP contribution in [-0.2, 0) is 11.8 Å². The molecule has 0 fully saturated rings. The van der Waals surface area contributed by atoms with Crippen LogP contribution in [0.4, 0.5) is 5.69 Å². The molecule has 0 saturated carbocycles. The summed E-state index contributed by atoms with van der Waals surface area (Å²) in [4.78, 5) is 17.7. The van der Waals surface area contributed by atoms with Gasteiger partial charge in [0.2, 0.25) is 5.91 Å². The summed E-state index contributed by atoms with van der Waals surface area (Å²) in [6, 6.07) is 22.5. The molecule has 5 rings (SSSR count). The Bertz CT molecular complexity index is 1190. The maximum atomic E-state index is 13.5. The minimum Gasteiger partial charge on any atom is -0.304 e. The average molecular weight is 465 g/mol. The summed E-state index contributed by atoms with van der Waals surface area (Å²) < 4.78 is 1.96. The average Bonchev–Trinajstić information content (AvgIpc) is 3.47. The van der Waals surface area contributed by atoms with Crippen LogP contribution in [0.15, 0.2) is 82.2 Å². The number of para-hydroxylation sites is 1. The Kier molecular flexibility index (Phi) is 5.85. The predicted octanol–water partition coefficient (Wildman–Crippen LogP) is 5.52. The molecular formula is C23H20N4OS3. The quantitative estimate of drug-likeness (QED) is 0.364. The maximum Gasteiger partial charge on any atom is 0.238 e. The van der Waals surface area contributed by atoms with Gasteiger partial charge in [-0.05, 0) is 29.1 Å². The van der Waals surface area contributed by atoms with Crippen molar-refractivity contribution >= 4 is 46.5 Å². The van der Waals surface area contributed by atoms with Gasteiger partial charge in [-0.3, -0.25) is 4.79 Å². The number of rotatable bonds is 5. The molecule has 0 spiro atoms. The topological polar surface area (TPSA) is 51.0 Å². The summed E-state index contributed by atoms with van der Waals surface area (Å²) in [6.45, 7) is 0. The Morgan fingerprint density at radius 1 is 1.06 bits per heavy atom. The molecule has 156 valence electrons. The number of amides is 1. The third-order valence-corrected chi connectivity index (χ3v) is 8.20. The second-order valence-electron chi connectivity index (χ2n) is 7.10. The molecule has 0 N–H and O–H groups in total. The summed E-state index contributed by atoms with van der Waals surface area (Å²) in [5.41, 5.74) is 2.14. The van der Waals surface area contributed by atoms with Gasteiger partial charge < -0.3 is 9.47 Å². The first-order valence-electron chi connectivity index (χ1n) is 9.87. The summed E-state index contributed by atoms with van der Waals surface area (Å²) in [7, 11) is 1.95. The van der Waals surface area contributed by atoms with Gasteiger partial charge in [0.15, 0.2) is 11.0 Å². The molecule has 8 heteroatoms. The van der Waals surface area contributed by atoms with Crippen molar-refractivity contribution in [1.29, 1.82) is 0 Å². The third-order valence-electron chi connectivity index (χ3n) is 5.19. The second-order valence-corrected chi connectivity index (χ2v) is 10.1. The molecule has 1 aliphatic heterocycles. The molecule has 0 radical (unpaired) electrons. The first-order chi connectivity index (χ1) is 15.2. The summed E-state index contributed by atoms with van der Waals surface area (Å²) in [6.07, 6.45) is 0. The van der Waals surface area contributed by atoms with E-state index in [-0.39, 0.29) is 11.9 Å². The number of anilines is 1. The zero-order valence-electron chi connectivity index (χ0n) is 16.8. The van der Waals surface area contributed by atoms with E-state index in [2.05, 4.69) is 28.4 Å². The SMILES string of the molecule is Cn1c(SCC(=O)N2c3ccccc3SCC2c2ccccc2)nnc1-c1cccs1. The zero-order valence-corrected chi connectivity index (χ0v) is 19.3. The van der Waals surface area contributed by atoms with Gasteiger partial charge in [0.1, 0.15) is 0 Å². The number of carbonyl (C=O) groups is 1. The maximum absolute atomic E-state index is 13.5. The molecule has 0 saturated heterocycles. The molecule has 1 unspecified atom stereocenters. The van der Waals surface area contributed by atoms with Crippen LogP contribution in [0.5, 0.6) is 0 Å². The van der Waals surface area contributed by atoms with Crippen molar-refractivity contribution in [2.75, 3.05) is 16.4 Å². The Labute approximate surface area is 193 Å². The third kappa shape index (κ3) is 4.03. The molecule has 3 heterocycles. The lowest BCUT2D eigenvalue weighted by Gasteiger charge is -2.37. The predicted molar refractivity (Wildman–Crippen MR) is 129 cm³/mol. The summed E-state index contributed by atoms with van der Waals surface area (Å²) in [5, 5.41) is 11.4. The van der Waals surface area contributed by atoms with Crippen molar-refractivity contribution in [1.82, 2.24) is 14.8 Å². The van der Waals surface area contributed by atoms with Crippen LogP contribution < -0.4 is 4.90 Å². The smallest absolute Gasteiger partial charge is 0.238 e. The van der Waals surface area contributed by atoms with Gasteiger partial charge in [0, 0.05) is 17.7 Å². The van der Waals surface area contributed by atoms with Crippen molar-refractivity contribution < 1.29 is 4.79 Å². The number of fused-ring (bicyclic) bond motifs is 1. The van der Waals surface area contributed by atoms with E-state index >= 15 is 0 Å². The fraction of sp³-hybridized carbons (Fsp3) is 0.174. The number of carbonyl (C=O) groups excluding carboxylic acids is 1.